The zero-order valence-electron chi connectivity index (χ0n) is 38.4. The average Bonchev–Trinajstić information content (AvgIpc) is 3.96. The third kappa shape index (κ3) is 8.81. The van der Waals surface area contributed by atoms with Gasteiger partial charge >= 0.3 is 0 Å². The summed E-state index contributed by atoms with van der Waals surface area (Å²) < 4.78 is 1.74. The van der Waals surface area contributed by atoms with Gasteiger partial charge in [0.2, 0.25) is 17.8 Å². The molecule has 2 saturated carbocycles. The second-order valence-corrected chi connectivity index (χ2v) is 20.3. The van der Waals surface area contributed by atoms with Gasteiger partial charge in [0.1, 0.15) is 17.5 Å². The summed E-state index contributed by atoms with van der Waals surface area (Å²) in [6.45, 7) is 9.69. The highest BCUT2D eigenvalue weighted by atomic mass is 16.3. The van der Waals surface area contributed by atoms with E-state index >= 15 is 0 Å². The number of Topliss-reactive ketones (excluding diaryl/α,β-unsaturated/α-hetero) is 1. The van der Waals surface area contributed by atoms with Gasteiger partial charge in [0.15, 0.2) is 5.78 Å². The molecule has 66 heavy (non-hydrogen) atoms. The predicted molar refractivity (Wildman–Crippen MR) is 249 cm³/mol. The van der Waals surface area contributed by atoms with Crippen LogP contribution in [0.25, 0.3) is 11.0 Å². The van der Waals surface area contributed by atoms with Gasteiger partial charge in [-0.15, -0.1) is 0 Å². The normalized spacial score (nSPS) is 24.5. The van der Waals surface area contributed by atoms with E-state index in [1.807, 2.05) is 24.4 Å². The van der Waals surface area contributed by atoms with Gasteiger partial charge in [0.05, 0.1) is 11.2 Å². The standard InChI is InChI=1S/C51H63N9O6/c1-31-41-27-53-50(56-46(41)60(39-5-3-4-6-39)49(65)45(31)32(2)61)54-43-15-11-36(26-52-43)35-17-21-57(22-18-35)28-33-7-9-34(10-8-33)29-58-23-19-51(66,20-24-58)38-12-13-40-37(25-38)30-59(48(40)64)42-14-16-44(62)55-47(42)63/h11-13,15,25-27,33-35,39,42,66H,3-10,14,16-24,28-30H2,1-2H3,(H,55,62,63)(H,52,53,54,56). The van der Waals surface area contributed by atoms with Gasteiger partial charge in [-0.05, 0) is 150 Å². The topological polar surface area (TPSA) is 183 Å². The number of anilines is 2. The minimum atomic E-state index is -0.944. The van der Waals surface area contributed by atoms with Crippen LogP contribution in [0.15, 0.2) is 47.5 Å². The van der Waals surface area contributed by atoms with Crippen LogP contribution in [0.4, 0.5) is 11.8 Å². The van der Waals surface area contributed by atoms with Crippen LogP contribution < -0.4 is 16.2 Å². The van der Waals surface area contributed by atoms with Crippen LogP contribution in [0, 0.1) is 18.8 Å². The van der Waals surface area contributed by atoms with Crippen LogP contribution in [-0.2, 0) is 21.7 Å². The van der Waals surface area contributed by atoms with E-state index in [4.69, 9.17) is 9.97 Å². The minimum absolute atomic E-state index is 0.0236. The SMILES string of the molecule is CC(=O)c1c(C)c2cnc(Nc3ccc(C4CCN(CC5CCC(CN6CCC(O)(c7ccc8c(c7)CN(C7CCC(=O)NC7=O)C8=O)CC6)CC5)CC4)cn3)nc2n(C2CCCC2)c1=O. The fourth-order valence-corrected chi connectivity index (χ4v) is 12.2. The van der Waals surface area contributed by atoms with Gasteiger partial charge in [-0.2, -0.15) is 4.98 Å². The maximum atomic E-state index is 13.6. The maximum absolute atomic E-state index is 13.6. The van der Waals surface area contributed by atoms with Crippen molar-refractivity contribution in [1.82, 2.24) is 39.5 Å². The first kappa shape index (κ1) is 44.5. The smallest absolute Gasteiger partial charge is 0.263 e. The van der Waals surface area contributed by atoms with Crippen molar-refractivity contribution in [3.63, 3.8) is 0 Å². The molecule has 7 heterocycles. The molecule has 3 saturated heterocycles. The number of likely N-dealkylation sites (tertiary alicyclic amines) is 2. The van der Waals surface area contributed by atoms with Gasteiger partial charge in [0, 0.05) is 68.5 Å². The Hall–Kier alpha value is -5.38. The molecule has 10 rings (SSSR count). The first-order chi connectivity index (χ1) is 31.9. The fourth-order valence-electron chi connectivity index (χ4n) is 12.2. The molecule has 0 spiro atoms. The monoisotopic (exact) mass is 897 g/mol. The lowest BCUT2D eigenvalue weighted by atomic mass is 9.80. The maximum Gasteiger partial charge on any atom is 0.263 e. The van der Waals surface area contributed by atoms with E-state index in [2.05, 4.69) is 31.5 Å². The Balaban J connectivity index is 0.664. The van der Waals surface area contributed by atoms with Crippen LogP contribution in [0.1, 0.15) is 152 Å². The number of carbonyl (C=O) groups excluding carboxylic acids is 4. The summed E-state index contributed by atoms with van der Waals surface area (Å²) in [5.41, 5.74) is 3.73. The molecular weight excluding hydrogens is 835 g/mol. The number of nitrogens with one attached hydrogen (secondary N) is 2. The molecule has 15 heteroatoms. The van der Waals surface area contributed by atoms with Gasteiger partial charge in [0.25, 0.3) is 11.5 Å². The summed E-state index contributed by atoms with van der Waals surface area (Å²) in [4.78, 5) is 84.4. The second-order valence-electron chi connectivity index (χ2n) is 20.3. The van der Waals surface area contributed by atoms with E-state index in [9.17, 15) is 29.1 Å². The molecule has 1 unspecified atom stereocenters. The van der Waals surface area contributed by atoms with Gasteiger partial charge < -0.3 is 25.1 Å². The van der Waals surface area contributed by atoms with Crippen molar-refractivity contribution < 1.29 is 24.3 Å². The zero-order chi connectivity index (χ0) is 45.7. The first-order valence-electron chi connectivity index (χ1n) is 24.5. The van der Waals surface area contributed by atoms with Crippen molar-refractivity contribution >= 4 is 46.3 Å². The van der Waals surface area contributed by atoms with Crippen molar-refractivity contribution in [2.24, 2.45) is 11.8 Å². The van der Waals surface area contributed by atoms with E-state index in [0.717, 1.165) is 93.7 Å². The molecule has 6 aliphatic rings. The molecule has 15 nitrogen and oxygen atoms in total. The van der Waals surface area contributed by atoms with Gasteiger partial charge in [-0.25, -0.2) is 9.97 Å². The Bertz CT molecular complexity index is 2580. The number of piperidine rings is 3. The number of hydrogen-bond donors (Lipinski definition) is 3. The number of pyridine rings is 2. The number of imide groups is 1. The molecule has 1 atom stereocenters. The Morgan fingerprint density at radius 3 is 2.20 bits per heavy atom. The first-order valence-corrected chi connectivity index (χ1v) is 24.5. The Kier molecular flexibility index (Phi) is 12.4. The van der Waals surface area contributed by atoms with Crippen LogP contribution in [0.2, 0.25) is 0 Å². The van der Waals surface area contributed by atoms with Crippen molar-refractivity contribution in [2.45, 2.75) is 134 Å². The Morgan fingerprint density at radius 2 is 1.55 bits per heavy atom. The number of carbonyl (C=O) groups is 4. The molecule has 5 fully saturated rings. The molecule has 0 bridgehead atoms. The number of fused-ring (bicyclic) bond motifs is 2. The number of amides is 3. The lowest BCUT2D eigenvalue weighted by molar-refractivity contribution is -0.136. The highest BCUT2D eigenvalue weighted by Crippen LogP contribution is 2.39. The third-order valence-corrected chi connectivity index (χ3v) is 16.1. The fraction of sp³-hybridized carbons (Fsp3) is 0.569. The van der Waals surface area contributed by atoms with Crippen molar-refractivity contribution in [3.05, 3.63) is 86.5 Å². The summed E-state index contributed by atoms with van der Waals surface area (Å²) in [5.74, 6) is 1.79. The van der Waals surface area contributed by atoms with E-state index in [-0.39, 0.29) is 41.2 Å². The molecule has 1 aromatic carbocycles. The highest BCUT2D eigenvalue weighted by Gasteiger charge is 2.41. The van der Waals surface area contributed by atoms with E-state index in [0.29, 0.717) is 66.2 Å². The van der Waals surface area contributed by atoms with Crippen LogP contribution >= 0.6 is 0 Å². The summed E-state index contributed by atoms with van der Waals surface area (Å²) in [7, 11) is 0. The number of aryl methyl sites for hydroxylation is 1. The molecule has 2 aliphatic carbocycles. The van der Waals surface area contributed by atoms with Crippen LogP contribution in [0.3, 0.4) is 0 Å². The number of hydrogen-bond acceptors (Lipinski definition) is 12. The summed E-state index contributed by atoms with van der Waals surface area (Å²) >= 11 is 0. The van der Waals surface area contributed by atoms with E-state index < -0.39 is 17.6 Å². The van der Waals surface area contributed by atoms with Crippen molar-refractivity contribution in [2.75, 3.05) is 44.6 Å². The molecule has 3 amide bonds. The van der Waals surface area contributed by atoms with Crippen molar-refractivity contribution in [3.8, 4) is 0 Å². The number of aromatic nitrogens is 4. The lowest BCUT2D eigenvalue weighted by Gasteiger charge is -2.41. The second kappa shape index (κ2) is 18.4. The third-order valence-electron chi connectivity index (χ3n) is 16.1. The van der Waals surface area contributed by atoms with Gasteiger partial charge in [-0.1, -0.05) is 31.0 Å². The molecule has 4 aliphatic heterocycles. The van der Waals surface area contributed by atoms with E-state index in [1.54, 1.807) is 28.7 Å². The predicted octanol–water partition coefficient (Wildman–Crippen LogP) is 6.29. The molecule has 3 N–H and O–H groups in total. The quantitative estimate of drug-likeness (QED) is 0.113. The highest BCUT2D eigenvalue weighted by molar-refractivity contribution is 6.05. The zero-order valence-corrected chi connectivity index (χ0v) is 38.4. The molecule has 348 valence electrons. The number of ketones is 1. The Morgan fingerprint density at radius 1 is 0.848 bits per heavy atom. The van der Waals surface area contributed by atoms with Gasteiger partial charge in [-0.3, -0.25) is 33.9 Å². The van der Waals surface area contributed by atoms with E-state index in [1.165, 1.54) is 44.7 Å². The number of rotatable bonds is 11. The molecule has 0 radical (unpaired) electrons. The average molecular weight is 898 g/mol. The molecule has 4 aromatic rings. The summed E-state index contributed by atoms with van der Waals surface area (Å²) in [5, 5.41) is 18.2. The molecular formula is C51H63N9O6. The van der Waals surface area contributed by atoms with Crippen molar-refractivity contribution in [1.29, 1.82) is 0 Å². The van der Waals surface area contributed by atoms with Crippen LogP contribution in [-0.4, -0.2) is 108 Å². The Labute approximate surface area is 385 Å². The van der Waals surface area contributed by atoms with Crippen LogP contribution in [0.5, 0.6) is 0 Å². The number of nitrogens with zero attached hydrogens (tertiary/aromatic N) is 7. The molecule has 3 aromatic heterocycles. The largest absolute Gasteiger partial charge is 0.385 e. The number of benzene rings is 1. The summed E-state index contributed by atoms with van der Waals surface area (Å²) in [6.07, 6.45) is 16.7. The lowest BCUT2D eigenvalue weighted by Crippen LogP contribution is -2.52. The summed E-state index contributed by atoms with van der Waals surface area (Å²) in [6, 6.07) is 9.17. The minimum Gasteiger partial charge on any atom is -0.385 e. The number of aliphatic hydroxyl groups is 1.